The number of fused-ring (bicyclic) bond motifs is 18. The molecule has 65 heavy (non-hydrogen) atoms. The fourth-order valence-electron chi connectivity index (χ4n) is 12.0. The molecule has 2 aliphatic carbocycles. The Morgan fingerprint density at radius 2 is 0.692 bits per heavy atom. The van der Waals surface area contributed by atoms with Crippen molar-refractivity contribution in [1.29, 1.82) is 0 Å². The highest BCUT2D eigenvalue weighted by Crippen LogP contribution is 2.66. The second-order valence-electron chi connectivity index (χ2n) is 17.4. The summed E-state index contributed by atoms with van der Waals surface area (Å²) in [7, 11) is 0. The van der Waals surface area contributed by atoms with E-state index in [4.69, 9.17) is 0 Å². The van der Waals surface area contributed by atoms with Gasteiger partial charge in [0.1, 0.15) is 0 Å². The molecule has 0 saturated heterocycles. The first-order valence-corrected chi connectivity index (χ1v) is 24.1. The highest BCUT2D eigenvalue weighted by molar-refractivity contribution is 7.99. The van der Waals surface area contributed by atoms with Gasteiger partial charge in [0.15, 0.2) is 0 Å². The Balaban J connectivity index is 1.10. The molecule has 14 rings (SSSR count). The molecule has 10 aromatic carbocycles. The van der Waals surface area contributed by atoms with Gasteiger partial charge >= 0.3 is 0 Å². The second-order valence-corrected chi connectivity index (χ2v) is 19.6. The smallest absolute Gasteiger partial charge is 0.0736 e. The summed E-state index contributed by atoms with van der Waals surface area (Å²) >= 11 is 3.78. The van der Waals surface area contributed by atoms with Crippen LogP contribution in [0.2, 0.25) is 0 Å². The Labute approximate surface area is 388 Å². The lowest BCUT2D eigenvalue weighted by Crippen LogP contribution is -2.32. The Morgan fingerprint density at radius 3 is 1.29 bits per heavy atom. The van der Waals surface area contributed by atoms with Gasteiger partial charge in [-0.15, -0.1) is 0 Å². The van der Waals surface area contributed by atoms with E-state index in [2.05, 4.69) is 241 Å². The summed E-state index contributed by atoms with van der Waals surface area (Å²) in [5.41, 5.74) is 20.6. The molecule has 10 aromatic rings. The van der Waals surface area contributed by atoms with E-state index >= 15 is 0 Å². The number of rotatable bonds is 4. The second kappa shape index (κ2) is 14.1. The molecule has 0 aromatic heterocycles. The third kappa shape index (κ3) is 4.97. The molecule has 2 heterocycles. The molecule has 304 valence electrons. The predicted octanol–water partition coefficient (Wildman–Crippen LogP) is 16.5. The number of hydrogen-bond acceptors (Lipinski definition) is 3. The molecular weight excluding hydrogens is 823 g/mol. The van der Waals surface area contributed by atoms with Crippen molar-refractivity contribution in [2.24, 2.45) is 0 Å². The van der Waals surface area contributed by atoms with Crippen LogP contribution in [0.4, 0.5) is 17.1 Å². The number of anilines is 3. The van der Waals surface area contributed by atoms with Gasteiger partial charge in [0, 0.05) is 36.4 Å². The third-order valence-corrected chi connectivity index (χ3v) is 16.7. The van der Waals surface area contributed by atoms with E-state index in [1.807, 2.05) is 23.5 Å². The fourth-order valence-corrected chi connectivity index (χ4v) is 14.4. The zero-order valence-electron chi connectivity index (χ0n) is 35.3. The molecule has 0 unspecified atom stereocenters. The van der Waals surface area contributed by atoms with Crippen LogP contribution in [0, 0.1) is 0 Å². The molecule has 0 N–H and O–H groups in total. The Kier molecular flexibility index (Phi) is 8.05. The van der Waals surface area contributed by atoms with Crippen molar-refractivity contribution in [3.8, 4) is 33.4 Å². The SMILES string of the molecule is c1ccc(-c2ccccc2N(c2ccc3c(c2)C2(c4ccccc4Sc4ccccc42)c2ccccc2-3)c2cccc3c2-c2ccccc2C32c3ccccc3Sc3ccccc32)cc1. The average molecular weight is 862 g/mol. The van der Waals surface area contributed by atoms with Gasteiger partial charge in [0.2, 0.25) is 0 Å². The standard InChI is InChI=1S/C62H39NS2/c1-2-19-40(20-3-1)42-21-6-13-31-54(42)63(41-37-38-44-43-22-4-7-24-46(43)62(53(44)39-41)50-28-11-16-35-58(50)65-59-36-17-12-29-51(59)62)55-32-18-30-52-60(55)45-23-5-8-25-47(45)61(52)48-26-9-14-33-56(48)64-57-34-15-10-27-49(57)61/h1-39H. The molecule has 2 aliphatic heterocycles. The lowest BCUT2D eigenvalue weighted by Gasteiger charge is -2.40. The van der Waals surface area contributed by atoms with Crippen LogP contribution in [0.25, 0.3) is 33.4 Å². The molecule has 0 bridgehead atoms. The summed E-state index contributed by atoms with van der Waals surface area (Å²) in [6, 6.07) is 89.0. The monoisotopic (exact) mass is 861 g/mol. The van der Waals surface area contributed by atoms with Gasteiger partial charge in [-0.25, -0.2) is 0 Å². The molecular formula is C62H39NS2. The molecule has 0 atom stereocenters. The van der Waals surface area contributed by atoms with Gasteiger partial charge < -0.3 is 4.90 Å². The van der Waals surface area contributed by atoms with Crippen molar-refractivity contribution in [3.05, 3.63) is 281 Å². The predicted molar refractivity (Wildman–Crippen MR) is 269 cm³/mol. The van der Waals surface area contributed by atoms with Crippen molar-refractivity contribution in [3.63, 3.8) is 0 Å². The number of benzene rings is 10. The lowest BCUT2D eigenvalue weighted by atomic mass is 9.67. The van der Waals surface area contributed by atoms with Crippen LogP contribution in [0.1, 0.15) is 44.5 Å². The van der Waals surface area contributed by atoms with Crippen LogP contribution in [0.5, 0.6) is 0 Å². The largest absolute Gasteiger partial charge is 0.309 e. The molecule has 2 spiro atoms. The van der Waals surface area contributed by atoms with E-state index < -0.39 is 10.8 Å². The van der Waals surface area contributed by atoms with E-state index in [1.54, 1.807) is 0 Å². The normalized spacial score (nSPS) is 14.6. The van der Waals surface area contributed by atoms with E-state index in [9.17, 15) is 0 Å². The van der Waals surface area contributed by atoms with Crippen molar-refractivity contribution < 1.29 is 0 Å². The quantitative estimate of drug-likeness (QED) is 0.174. The maximum atomic E-state index is 2.58. The van der Waals surface area contributed by atoms with Gasteiger partial charge in [-0.1, -0.05) is 212 Å². The summed E-state index contributed by atoms with van der Waals surface area (Å²) < 4.78 is 0. The number of para-hydroxylation sites is 1. The summed E-state index contributed by atoms with van der Waals surface area (Å²) in [5.74, 6) is 0. The Bertz CT molecular complexity index is 3500. The van der Waals surface area contributed by atoms with Crippen molar-refractivity contribution >= 4 is 40.6 Å². The van der Waals surface area contributed by atoms with Crippen molar-refractivity contribution in [2.75, 3.05) is 4.90 Å². The zero-order chi connectivity index (χ0) is 42.7. The first-order valence-electron chi connectivity index (χ1n) is 22.4. The van der Waals surface area contributed by atoms with Gasteiger partial charge in [-0.3, -0.25) is 0 Å². The van der Waals surface area contributed by atoms with E-state index in [0.717, 1.165) is 17.1 Å². The van der Waals surface area contributed by atoms with Crippen LogP contribution in [-0.4, -0.2) is 0 Å². The van der Waals surface area contributed by atoms with Crippen LogP contribution >= 0.6 is 23.5 Å². The van der Waals surface area contributed by atoms with Crippen LogP contribution in [0.3, 0.4) is 0 Å². The maximum Gasteiger partial charge on any atom is 0.0736 e. The van der Waals surface area contributed by atoms with Crippen molar-refractivity contribution in [1.82, 2.24) is 0 Å². The van der Waals surface area contributed by atoms with Gasteiger partial charge in [0.25, 0.3) is 0 Å². The molecule has 0 saturated carbocycles. The maximum absolute atomic E-state index is 2.58. The Hall–Kier alpha value is -7.30. The summed E-state index contributed by atoms with van der Waals surface area (Å²) in [6.45, 7) is 0. The summed E-state index contributed by atoms with van der Waals surface area (Å²) in [5, 5.41) is 0. The highest BCUT2D eigenvalue weighted by Gasteiger charge is 2.52. The third-order valence-electron chi connectivity index (χ3n) is 14.4. The summed E-state index contributed by atoms with van der Waals surface area (Å²) in [6.07, 6.45) is 0. The lowest BCUT2D eigenvalue weighted by molar-refractivity contribution is 0.722. The van der Waals surface area contributed by atoms with E-state index in [0.29, 0.717) is 0 Å². The first-order chi connectivity index (χ1) is 32.3. The van der Waals surface area contributed by atoms with Gasteiger partial charge in [0.05, 0.1) is 22.2 Å². The molecule has 1 nitrogen and oxygen atoms in total. The minimum atomic E-state index is -0.506. The first kappa shape index (κ1) is 37.1. The zero-order valence-corrected chi connectivity index (χ0v) is 36.9. The molecule has 4 aliphatic rings. The number of hydrogen-bond donors (Lipinski definition) is 0. The molecule has 0 fully saturated rings. The highest BCUT2D eigenvalue weighted by atomic mass is 32.2. The Morgan fingerprint density at radius 1 is 0.277 bits per heavy atom. The molecule has 3 heteroatoms. The van der Waals surface area contributed by atoms with Crippen LogP contribution in [-0.2, 0) is 10.8 Å². The topological polar surface area (TPSA) is 3.24 Å². The van der Waals surface area contributed by atoms with Crippen molar-refractivity contribution in [2.45, 2.75) is 30.4 Å². The van der Waals surface area contributed by atoms with Crippen LogP contribution < -0.4 is 4.90 Å². The molecule has 0 radical (unpaired) electrons. The minimum absolute atomic E-state index is 0.498. The molecule has 0 amide bonds. The van der Waals surface area contributed by atoms with Gasteiger partial charge in [-0.05, 0) is 115 Å². The van der Waals surface area contributed by atoms with E-state index in [1.165, 1.54) is 97.5 Å². The van der Waals surface area contributed by atoms with E-state index in [-0.39, 0.29) is 0 Å². The summed E-state index contributed by atoms with van der Waals surface area (Å²) in [4.78, 5) is 7.80. The fraction of sp³-hybridized carbons (Fsp3) is 0.0323. The average Bonchev–Trinajstić information content (AvgIpc) is 3.83. The van der Waals surface area contributed by atoms with Gasteiger partial charge in [-0.2, -0.15) is 0 Å². The minimum Gasteiger partial charge on any atom is -0.309 e. The number of nitrogens with zero attached hydrogens (tertiary/aromatic N) is 1. The van der Waals surface area contributed by atoms with Crippen LogP contribution in [0.15, 0.2) is 256 Å².